The Morgan fingerprint density at radius 1 is 0.971 bits per heavy atom. The monoisotopic (exact) mass is 471 g/mol. The van der Waals surface area contributed by atoms with Gasteiger partial charge in [0.1, 0.15) is 0 Å². The van der Waals surface area contributed by atoms with Crippen molar-refractivity contribution in [3.63, 3.8) is 0 Å². The van der Waals surface area contributed by atoms with Crippen LogP contribution in [-0.2, 0) is 0 Å². The minimum atomic E-state index is -0.369. The molecule has 4 rings (SSSR count). The highest BCUT2D eigenvalue weighted by Crippen LogP contribution is 2.26. The molecule has 8 nitrogen and oxygen atoms in total. The second-order valence-corrected chi connectivity index (χ2v) is 8.59. The molecular weight excluding hydrogens is 442 g/mol. The SMILES string of the molecule is CCC(CC)NC(=O)c1cc(-c2cccc(-c3ncc(C(=O)Nc4cc(C)cc(C)c4)o3)c2)[nH]n1. The first-order valence-corrected chi connectivity index (χ1v) is 11.7. The number of aromatic amines is 1. The summed E-state index contributed by atoms with van der Waals surface area (Å²) in [4.78, 5) is 29.4. The van der Waals surface area contributed by atoms with E-state index < -0.39 is 0 Å². The summed E-state index contributed by atoms with van der Waals surface area (Å²) >= 11 is 0. The molecule has 3 N–H and O–H groups in total. The summed E-state index contributed by atoms with van der Waals surface area (Å²) in [5.41, 5.74) is 5.37. The van der Waals surface area contributed by atoms with E-state index in [1.807, 2.05) is 70.2 Å². The van der Waals surface area contributed by atoms with Crippen molar-refractivity contribution in [2.45, 2.75) is 46.6 Å². The third-order valence-corrected chi connectivity index (χ3v) is 5.76. The molecular formula is C27H29N5O3. The maximum absolute atomic E-state index is 12.7. The lowest BCUT2D eigenvalue weighted by molar-refractivity contribution is 0.0929. The van der Waals surface area contributed by atoms with E-state index in [2.05, 4.69) is 25.8 Å². The molecule has 180 valence electrons. The van der Waals surface area contributed by atoms with E-state index in [4.69, 9.17) is 4.42 Å². The number of oxazole rings is 1. The standard InChI is InChI=1S/C27H29N5O3/c1-5-20(6-2)29-25(33)23-14-22(31-32-23)18-8-7-9-19(13-18)27-28-15-24(35-27)26(34)30-21-11-16(3)10-17(4)12-21/h7-15,20H,5-6H2,1-4H3,(H,29,33)(H,30,34)(H,31,32). The van der Waals surface area contributed by atoms with Gasteiger partial charge in [0.15, 0.2) is 5.69 Å². The number of carbonyl (C=O) groups excluding carboxylic acids is 2. The molecule has 0 bridgehead atoms. The Morgan fingerprint density at radius 2 is 1.69 bits per heavy atom. The number of hydrogen-bond donors (Lipinski definition) is 3. The van der Waals surface area contributed by atoms with E-state index in [1.54, 1.807) is 6.07 Å². The van der Waals surface area contributed by atoms with E-state index in [-0.39, 0.29) is 23.6 Å². The predicted molar refractivity (Wildman–Crippen MR) is 135 cm³/mol. The van der Waals surface area contributed by atoms with Gasteiger partial charge in [-0.15, -0.1) is 0 Å². The molecule has 0 aliphatic heterocycles. The quantitative estimate of drug-likeness (QED) is 0.313. The van der Waals surface area contributed by atoms with Crippen LogP contribution in [0.5, 0.6) is 0 Å². The molecule has 0 radical (unpaired) electrons. The Bertz CT molecular complexity index is 1330. The highest BCUT2D eigenvalue weighted by Gasteiger charge is 2.17. The average molecular weight is 472 g/mol. The van der Waals surface area contributed by atoms with Gasteiger partial charge in [-0.3, -0.25) is 14.7 Å². The van der Waals surface area contributed by atoms with Crippen molar-refractivity contribution in [2.75, 3.05) is 5.32 Å². The molecule has 35 heavy (non-hydrogen) atoms. The second-order valence-electron chi connectivity index (χ2n) is 8.59. The fourth-order valence-electron chi connectivity index (χ4n) is 3.91. The number of nitrogens with zero attached hydrogens (tertiary/aromatic N) is 2. The van der Waals surface area contributed by atoms with Crippen molar-refractivity contribution in [3.05, 3.63) is 77.3 Å². The second kappa shape index (κ2) is 10.4. The summed E-state index contributed by atoms with van der Waals surface area (Å²) in [6.07, 6.45) is 3.14. The number of nitrogens with one attached hydrogen (secondary N) is 3. The highest BCUT2D eigenvalue weighted by atomic mass is 16.4. The fraction of sp³-hybridized carbons (Fsp3) is 0.259. The molecule has 0 aliphatic carbocycles. The zero-order valence-electron chi connectivity index (χ0n) is 20.3. The average Bonchev–Trinajstić information content (AvgIpc) is 3.52. The Morgan fingerprint density at radius 3 is 2.40 bits per heavy atom. The van der Waals surface area contributed by atoms with Crippen LogP contribution in [0.25, 0.3) is 22.7 Å². The first-order chi connectivity index (χ1) is 16.9. The first kappa shape index (κ1) is 23.9. The summed E-state index contributed by atoms with van der Waals surface area (Å²) in [6, 6.07) is 15.1. The molecule has 0 atom stereocenters. The van der Waals surface area contributed by atoms with E-state index in [0.29, 0.717) is 28.5 Å². The number of benzene rings is 2. The maximum Gasteiger partial charge on any atom is 0.293 e. The molecule has 2 aromatic carbocycles. The number of H-pyrrole nitrogens is 1. The predicted octanol–water partition coefficient (Wildman–Crippen LogP) is 5.52. The number of rotatable bonds is 8. The van der Waals surface area contributed by atoms with Crippen LogP contribution in [0.15, 0.2) is 59.1 Å². The largest absolute Gasteiger partial charge is 0.431 e. The lowest BCUT2D eigenvalue weighted by Crippen LogP contribution is -2.33. The van der Waals surface area contributed by atoms with Crippen molar-refractivity contribution in [1.82, 2.24) is 20.5 Å². The van der Waals surface area contributed by atoms with E-state index in [9.17, 15) is 9.59 Å². The number of hydrogen-bond acceptors (Lipinski definition) is 5. The number of aryl methyl sites for hydroxylation is 2. The van der Waals surface area contributed by atoms with Crippen LogP contribution in [0.4, 0.5) is 5.69 Å². The molecule has 0 saturated heterocycles. The van der Waals surface area contributed by atoms with Crippen LogP contribution in [0.2, 0.25) is 0 Å². The minimum absolute atomic E-state index is 0.117. The third kappa shape index (κ3) is 5.66. The minimum Gasteiger partial charge on any atom is -0.431 e. The van der Waals surface area contributed by atoms with Crippen molar-refractivity contribution < 1.29 is 14.0 Å². The van der Waals surface area contributed by atoms with Gasteiger partial charge in [0.2, 0.25) is 11.7 Å². The van der Waals surface area contributed by atoms with Gasteiger partial charge in [0.25, 0.3) is 11.8 Å². The fourth-order valence-corrected chi connectivity index (χ4v) is 3.91. The Balaban J connectivity index is 1.50. The number of carbonyl (C=O) groups is 2. The molecule has 0 fully saturated rings. The van der Waals surface area contributed by atoms with E-state index in [0.717, 1.165) is 29.5 Å². The summed E-state index contributed by atoms with van der Waals surface area (Å²) in [5, 5.41) is 12.9. The number of amides is 2. The van der Waals surface area contributed by atoms with Crippen LogP contribution in [0.1, 0.15) is 58.9 Å². The van der Waals surface area contributed by atoms with Crippen LogP contribution in [0.3, 0.4) is 0 Å². The zero-order valence-corrected chi connectivity index (χ0v) is 20.3. The van der Waals surface area contributed by atoms with E-state index >= 15 is 0 Å². The highest BCUT2D eigenvalue weighted by molar-refractivity contribution is 6.02. The summed E-state index contributed by atoms with van der Waals surface area (Å²) in [5.74, 6) is -0.133. The summed E-state index contributed by atoms with van der Waals surface area (Å²) in [7, 11) is 0. The molecule has 2 aromatic heterocycles. The Kier molecular flexibility index (Phi) is 7.10. The van der Waals surface area contributed by atoms with Crippen molar-refractivity contribution in [3.8, 4) is 22.7 Å². The normalized spacial score (nSPS) is 11.0. The smallest absolute Gasteiger partial charge is 0.293 e. The molecule has 0 saturated carbocycles. The van der Waals surface area contributed by atoms with Crippen LogP contribution < -0.4 is 10.6 Å². The molecule has 2 heterocycles. The van der Waals surface area contributed by atoms with Gasteiger partial charge in [0, 0.05) is 22.9 Å². The van der Waals surface area contributed by atoms with Gasteiger partial charge in [-0.1, -0.05) is 32.0 Å². The maximum atomic E-state index is 12.7. The topological polar surface area (TPSA) is 113 Å². The van der Waals surface area contributed by atoms with Gasteiger partial charge in [-0.05, 0) is 68.1 Å². The lowest BCUT2D eigenvalue weighted by atomic mass is 10.1. The van der Waals surface area contributed by atoms with E-state index in [1.165, 1.54) is 6.20 Å². The first-order valence-electron chi connectivity index (χ1n) is 11.7. The Hall–Kier alpha value is -4.20. The molecule has 0 spiro atoms. The summed E-state index contributed by atoms with van der Waals surface area (Å²) in [6.45, 7) is 8.03. The molecule has 0 unspecified atom stereocenters. The Labute approximate surface area is 204 Å². The lowest BCUT2D eigenvalue weighted by Gasteiger charge is -2.13. The van der Waals surface area contributed by atoms with Crippen LogP contribution >= 0.6 is 0 Å². The number of aromatic nitrogens is 3. The number of anilines is 1. The molecule has 2 amide bonds. The zero-order chi connectivity index (χ0) is 24.9. The van der Waals surface area contributed by atoms with Gasteiger partial charge >= 0.3 is 0 Å². The molecule has 4 aromatic rings. The summed E-state index contributed by atoms with van der Waals surface area (Å²) < 4.78 is 5.75. The van der Waals surface area contributed by atoms with Gasteiger partial charge < -0.3 is 15.1 Å². The van der Waals surface area contributed by atoms with Crippen LogP contribution in [-0.4, -0.2) is 33.0 Å². The van der Waals surface area contributed by atoms with Gasteiger partial charge in [-0.2, -0.15) is 5.10 Å². The van der Waals surface area contributed by atoms with Gasteiger partial charge in [-0.25, -0.2) is 4.98 Å². The third-order valence-electron chi connectivity index (χ3n) is 5.76. The molecule has 0 aliphatic rings. The molecule has 8 heteroatoms. The van der Waals surface area contributed by atoms with Crippen molar-refractivity contribution in [2.24, 2.45) is 0 Å². The van der Waals surface area contributed by atoms with Crippen molar-refractivity contribution >= 4 is 17.5 Å². The van der Waals surface area contributed by atoms with Crippen molar-refractivity contribution in [1.29, 1.82) is 0 Å². The van der Waals surface area contributed by atoms with Crippen LogP contribution in [0, 0.1) is 13.8 Å². The van der Waals surface area contributed by atoms with Gasteiger partial charge in [0.05, 0.1) is 11.9 Å².